The van der Waals surface area contributed by atoms with E-state index >= 15 is 0 Å². The first kappa shape index (κ1) is 21.9. The summed E-state index contributed by atoms with van der Waals surface area (Å²) in [5.74, 6) is -1.64. The summed E-state index contributed by atoms with van der Waals surface area (Å²) in [5, 5.41) is 14.6. The van der Waals surface area contributed by atoms with Crippen LogP contribution < -0.4 is 10.1 Å². The highest BCUT2D eigenvalue weighted by Gasteiger charge is 2.28. The molecule has 3 rings (SSSR count). The summed E-state index contributed by atoms with van der Waals surface area (Å²) in [4.78, 5) is 43.0. The molecular formula is C20H22N4O7. The van der Waals surface area contributed by atoms with Crippen molar-refractivity contribution in [2.45, 2.75) is 38.2 Å². The Labute approximate surface area is 177 Å². The fourth-order valence-corrected chi connectivity index (χ4v) is 3.35. The fourth-order valence-electron chi connectivity index (χ4n) is 3.35. The zero-order chi connectivity index (χ0) is 22.4. The molecule has 11 heteroatoms. The summed E-state index contributed by atoms with van der Waals surface area (Å²) in [6.07, 6.45) is 5.69. The third-order valence-corrected chi connectivity index (χ3v) is 4.84. The molecule has 164 valence electrons. The summed E-state index contributed by atoms with van der Waals surface area (Å²) < 4.78 is 15.2. The fraction of sp³-hybridized carbons (Fsp3) is 0.400. The van der Waals surface area contributed by atoms with Crippen molar-refractivity contribution < 1.29 is 28.7 Å². The Morgan fingerprint density at radius 1 is 1.03 bits per heavy atom. The standard InChI is InChI=1S/C20H22N4O7/c1-29-19(25)12-8-13(20(26)30-2)10-14(9-12)23-17-16(24(27)28)18(22-11-21-17)31-15-6-4-3-5-7-15/h8-11,15H,3-7H2,1-2H3,(H,21,22,23). The van der Waals surface area contributed by atoms with Crippen LogP contribution >= 0.6 is 0 Å². The maximum Gasteiger partial charge on any atom is 0.373 e. The number of benzene rings is 1. The Morgan fingerprint density at radius 3 is 2.19 bits per heavy atom. The number of esters is 2. The number of nitro groups is 1. The Kier molecular flexibility index (Phi) is 6.96. The van der Waals surface area contributed by atoms with Crippen LogP contribution in [0, 0.1) is 10.1 Å². The highest BCUT2D eigenvalue weighted by atomic mass is 16.6. The van der Waals surface area contributed by atoms with Gasteiger partial charge in [-0.3, -0.25) is 10.1 Å². The number of ether oxygens (including phenoxy) is 3. The maximum absolute atomic E-state index is 12.0. The van der Waals surface area contributed by atoms with E-state index in [0.717, 1.165) is 38.4 Å². The quantitative estimate of drug-likeness (QED) is 0.394. The van der Waals surface area contributed by atoms with Crippen molar-refractivity contribution in [3.05, 3.63) is 45.8 Å². The molecule has 1 aromatic heterocycles. The summed E-state index contributed by atoms with van der Waals surface area (Å²) in [6, 6.07) is 4.06. The van der Waals surface area contributed by atoms with Crippen molar-refractivity contribution in [1.29, 1.82) is 0 Å². The molecule has 0 aliphatic heterocycles. The van der Waals surface area contributed by atoms with Gasteiger partial charge in [0.05, 0.1) is 30.3 Å². The topological polar surface area (TPSA) is 143 Å². The van der Waals surface area contributed by atoms with Crippen molar-refractivity contribution in [3.63, 3.8) is 0 Å². The van der Waals surface area contributed by atoms with Gasteiger partial charge < -0.3 is 19.5 Å². The Morgan fingerprint density at radius 2 is 1.65 bits per heavy atom. The lowest BCUT2D eigenvalue weighted by atomic mass is 9.98. The average Bonchev–Trinajstić information content (AvgIpc) is 2.78. The largest absolute Gasteiger partial charge is 0.469 e. The van der Waals surface area contributed by atoms with E-state index < -0.39 is 22.5 Å². The van der Waals surface area contributed by atoms with Crippen LogP contribution in [0.4, 0.5) is 17.2 Å². The molecule has 1 saturated carbocycles. The second-order valence-corrected chi connectivity index (χ2v) is 6.92. The van der Waals surface area contributed by atoms with Gasteiger partial charge in [0.25, 0.3) is 5.88 Å². The van der Waals surface area contributed by atoms with E-state index in [0.29, 0.717) is 0 Å². The van der Waals surface area contributed by atoms with E-state index in [1.54, 1.807) is 0 Å². The predicted octanol–water partition coefficient (Wildman–Crippen LogP) is 3.41. The smallest absolute Gasteiger partial charge is 0.373 e. The molecule has 0 saturated heterocycles. The normalized spacial score (nSPS) is 13.9. The molecule has 31 heavy (non-hydrogen) atoms. The average molecular weight is 430 g/mol. The van der Waals surface area contributed by atoms with Crippen LogP contribution in [0.2, 0.25) is 0 Å². The highest BCUT2D eigenvalue weighted by molar-refractivity contribution is 5.97. The number of aromatic nitrogens is 2. The number of rotatable bonds is 7. The number of nitrogens with one attached hydrogen (secondary N) is 1. The molecule has 1 aromatic carbocycles. The maximum atomic E-state index is 12.0. The molecule has 2 aromatic rings. The molecule has 1 heterocycles. The Balaban J connectivity index is 1.97. The van der Waals surface area contributed by atoms with Gasteiger partial charge in [-0.1, -0.05) is 6.42 Å². The molecular weight excluding hydrogens is 408 g/mol. The zero-order valence-electron chi connectivity index (χ0n) is 17.1. The SMILES string of the molecule is COC(=O)c1cc(Nc2ncnc(OC3CCCCC3)c2[N+](=O)[O-])cc(C(=O)OC)c1. The van der Waals surface area contributed by atoms with E-state index in [1.807, 2.05) is 0 Å². The number of hydrogen-bond acceptors (Lipinski definition) is 10. The summed E-state index contributed by atoms with van der Waals surface area (Å²) in [5.41, 5.74) is -0.114. The monoisotopic (exact) mass is 430 g/mol. The van der Waals surface area contributed by atoms with E-state index in [9.17, 15) is 19.7 Å². The third-order valence-electron chi connectivity index (χ3n) is 4.84. The molecule has 0 atom stereocenters. The third kappa shape index (κ3) is 5.24. The van der Waals surface area contributed by atoms with Crippen LogP contribution in [0.1, 0.15) is 52.8 Å². The van der Waals surface area contributed by atoms with Gasteiger partial charge in [0, 0.05) is 5.69 Å². The van der Waals surface area contributed by atoms with E-state index in [1.165, 1.54) is 32.4 Å². The molecule has 1 N–H and O–H groups in total. The summed E-state index contributed by atoms with van der Waals surface area (Å²) in [7, 11) is 2.40. The molecule has 1 fully saturated rings. The van der Waals surface area contributed by atoms with Crippen LogP contribution in [0.15, 0.2) is 24.5 Å². The molecule has 0 unspecified atom stereocenters. The minimum absolute atomic E-state index is 0.0586. The van der Waals surface area contributed by atoms with Gasteiger partial charge in [-0.05, 0) is 43.9 Å². The van der Waals surface area contributed by atoms with Crippen LogP contribution in [0.5, 0.6) is 5.88 Å². The number of anilines is 2. The van der Waals surface area contributed by atoms with Gasteiger partial charge in [0.2, 0.25) is 5.82 Å². The minimum Gasteiger partial charge on any atom is -0.469 e. The molecule has 1 aliphatic rings. The second-order valence-electron chi connectivity index (χ2n) is 6.92. The molecule has 0 radical (unpaired) electrons. The number of methoxy groups -OCH3 is 2. The minimum atomic E-state index is -0.688. The van der Waals surface area contributed by atoms with E-state index in [4.69, 9.17) is 14.2 Å². The van der Waals surface area contributed by atoms with Crippen LogP contribution in [0.25, 0.3) is 0 Å². The van der Waals surface area contributed by atoms with Gasteiger partial charge in [0.15, 0.2) is 0 Å². The van der Waals surface area contributed by atoms with Crippen molar-refractivity contribution in [2.75, 3.05) is 19.5 Å². The van der Waals surface area contributed by atoms with Gasteiger partial charge in [-0.25, -0.2) is 14.6 Å². The first-order chi connectivity index (χ1) is 14.9. The van der Waals surface area contributed by atoms with Crippen LogP contribution in [-0.2, 0) is 9.47 Å². The van der Waals surface area contributed by atoms with Crippen molar-refractivity contribution in [1.82, 2.24) is 9.97 Å². The van der Waals surface area contributed by atoms with Gasteiger partial charge >= 0.3 is 17.6 Å². The first-order valence-electron chi connectivity index (χ1n) is 9.67. The van der Waals surface area contributed by atoms with Gasteiger partial charge in [-0.15, -0.1) is 0 Å². The number of hydrogen-bond donors (Lipinski definition) is 1. The summed E-state index contributed by atoms with van der Waals surface area (Å²) in [6.45, 7) is 0. The molecule has 0 bridgehead atoms. The van der Waals surface area contributed by atoms with Crippen molar-refractivity contribution >= 4 is 29.1 Å². The number of carbonyl (C=O) groups excluding carboxylic acids is 2. The summed E-state index contributed by atoms with van der Waals surface area (Å²) >= 11 is 0. The molecule has 1 aliphatic carbocycles. The zero-order valence-corrected chi connectivity index (χ0v) is 17.1. The second kappa shape index (κ2) is 9.83. The van der Waals surface area contributed by atoms with Crippen molar-refractivity contribution in [2.24, 2.45) is 0 Å². The Hall–Kier alpha value is -3.76. The lowest BCUT2D eigenvalue weighted by molar-refractivity contribution is -0.385. The lowest BCUT2D eigenvalue weighted by Gasteiger charge is -2.22. The first-order valence-corrected chi connectivity index (χ1v) is 9.67. The molecule has 0 amide bonds. The van der Waals surface area contributed by atoms with Crippen molar-refractivity contribution in [3.8, 4) is 5.88 Å². The number of nitrogens with zero attached hydrogens (tertiary/aromatic N) is 3. The molecule has 0 spiro atoms. The van der Waals surface area contributed by atoms with E-state index in [-0.39, 0.29) is 34.6 Å². The van der Waals surface area contributed by atoms with Crippen LogP contribution in [0.3, 0.4) is 0 Å². The van der Waals surface area contributed by atoms with Gasteiger partial charge in [-0.2, -0.15) is 4.98 Å². The van der Waals surface area contributed by atoms with Gasteiger partial charge in [0.1, 0.15) is 12.4 Å². The predicted molar refractivity (Wildman–Crippen MR) is 109 cm³/mol. The Bertz CT molecular complexity index is 955. The highest BCUT2D eigenvalue weighted by Crippen LogP contribution is 2.35. The lowest BCUT2D eigenvalue weighted by Crippen LogP contribution is -2.21. The van der Waals surface area contributed by atoms with Crippen LogP contribution in [-0.4, -0.2) is 47.2 Å². The number of carbonyl (C=O) groups is 2. The van der Waals surface area contributed by atoms with E-state index in [2.05, 4.69) is 15.3 Å². The molecule has 11 nitrogen and oxygen atoms in total.